The summed E-state index contributed by atoms with van der Waals surface area (Å²) in [6.45, 7) is 0. The van der Waals surface area contributed by atoms with Crippen LogP contribution in [0.2, 0.25) is 5.15 Å². The molecular formula is C9H6ClN3. The zero-order valence-corrected chi connectivity index (χ0v) is 7.47. The normalized spacial score (nSPS) is 10.2. The van der Waals surface area contributed by atoms with E-state index < -0.39 is 0 Å². The number of H-pyrrole nitrogens is 1. The van der Waals surface area contributed by atoms with E-state index >= 15 is 0 Å². The summed E-state index contributed by atoms with van der Waals surface area (Å²) >= 11 is 5.89. The summed E-state index contributed by atoms with van der Waals surface area (Å²) in [5, 5.41) is 16.6. The van der Waals surface area contributed by atoms with Crippen LogP contribution in [0.4, 0.5) is 0 Å². The average Bonchev–Trinajstić information content (AvgIpc) is 2.50. The Morgan fingerprint density at radius 1 is 1.54 bits per heavy atom. The fraction of sp³-hybridized carbons (Fsp3) is 0.111. The molecule has 0 aliphatic carbocycles. The quantitative estimate of drug-likeness (QED) is 0.752. The molecule has 1 N–H and O–H groups in total. The van der Waals surface area contributed by atoms with Crippen LogP contribution in [-0.2, 0) is 6.42 Å². The summed E-state index contributed by atoms with van der Waals surface area (Å²) in [5.74, 6) is 0. The summed E-state index contributed by atoms with van der Waals surface area (Å²) in [6.07, 6.45) is 0.358. The number of nitriles is 1. The zero-order valence-electron chi connectivity index (χ0n) is 6.71. The predicted octanol–water partition coefficient (Wildman–Crippen LogP) is 2.28. The van der Waals surface area contributed by atoms with Crippen LogP contribution in [0.1, 0.15) is 5.56 Å². The lowest BCUT2D eigenvalue weighted by Gasteiger charge is -1.95. The minimum Gasteiger partial charge on any atom is -0.266 e. The largest absolute Gasteiger partial charge is 0.266 e. The van der Waals surface area contributed by atoms with Gasteiger partial charge in [-0.05, 0) is 11.6 Å². The monoisotopic (exact) mass is 191 g/mol. The van der Waals surface area contributed by atoms with Crippen molar-refractivity contribution in [3.63, 3.8) is 0 Å². The number of aromatic nitrogens is 2. The lowest BCUT2D eigenvalue weighted by Crippen LogP contribution is -1.82. The first-order valence-corrected chi connectivity index (χ1v) is 4.19. The molecule has 0 atom stereocenters. The molecule has 1 aromatic carbocycles. The van der Waals surface area contributed by atoms with Crippen LogP contribution in [0, 0.1) is 11.3 Å². The Kier molecular flexibility index (Phi) is 1.91. The number of hydrogen-bond acceptors (Lipinski definition) is 2. The van der Waals surface area contributed by atoms with Crippen molar-refractivity contribution in [1.29, 1.82) is 5.26 Å². The first kappa shape index (κ1) is 8.09. The van der Waals surface area contributed by atoms with Crippen LogP contribution in [0.15, 0.2) is 18.2 Å². The van der Waals surface area contributed by atoms with E-state index in [-0.39, 0.29) is 0 Å². The fourth-order valence-electron chi connectivity index (χ4n) is 1.33. The predicted molar refractivity (Wildman–Crippen MR) is 50.4 cm³/mol. The van der Waals surface area contributed by atoms with Crippen LogP contribution in [-0.4, -0.2) is 10.2 Å². The van der Waals surface area contributed by atoms with Crippen LogP contribution in [0.5, 0.6) is 0 Å². The van der Waals surface area contributed by atoms with Crippen LogP contribution < -0.4 is 0 Å². The molecule has 0 spiro atoms. The molecule has 3 nitrogen and oxygen atoms in total. The van der Waals surface area contributed by atoms with Gasteiger partial charge in [0.1, 0.15) is 5.15 Å². The van der Waals surface area contributed by atoms with Gasteiger partial charge in [-0.2, -0.15) is 10.4 Å². The van der Waals surface area contributed by atoms with Gasteiger partial charge in [0.05, 0.1) is 18.0 Å². The average molecular weight is 192 g/mol. The van der Waals surface area contributed by atoms with Crippen molar-refractivity contribution in [2.75, 3.05) is 0 Å². The standard InChI is InChI=1S/C9H6ClN3/c10-9-8-6(4-5-11)2-1-3-7(8)12-13-9/h1-3H,4H2,(H,12,13). The third-order valence-electron chi connectivity index (χ3n) is 1.89. The summed E-state index contributed by atoms with van der Waals surface area (Å²) in [6, 6.07) is 7.70. The topological polar surface area (TPSA) is 52.5 Å². The first-order chi connectivity index (χ1) is 6.33. The number of fused-ring (bicyclic) bond motifs is 1. The van der Waals surface area contributed by atoms with E-state index in [0.29, 0.717) is 11.6 Å². The van der Waals surface area contributed by atoms with Gasteiger partial charge in [0.2, 0.25) is 0 Å². The molecule has 64 valence electrons. The summed E-state index contributed by atoms with van der Waals surface area (Å²) < 4.78 is 0. The molecule has 0 aliphatic heterocycles. The summed E-state index contributed by atoms with van der Waals surface area (Å²) in [4.78, 5) is 0. The van der Waals surface area contributed by atoms with Gasteiger partial charge in [-0.25, -0.2) is 0 Å². The number of halogens is 1. The second kappa shape index (κ2) is 3.08. The van der Waals surface area contributed by atoms with Gasteiger partial charge in [0, 0.05) is 5.39 Å². The maximum atomic E-state index is 8.58. The molecule has 1 aromatic heterocycles. The van der Waals surface area contributed by atoms with Gasteiger partial charge in [-0.3, -0.25) is 5.10 Å². The van der Waals surface area contributed by atoms with E-state index in [1.807, 2.05) is 18.2 Å². The lowest BCUT2D eigenvalue weighted by atomic mass is 10.1. The highest BCUT2D eigenvalue weighted by molar-refractivity contribution is 6.34. The fourth-order valence-corrected chi connectivity index (χ4v) is 1.59. The van der Waals surface area contributed by atoms with Crippen molar-refractivity contribution in [2.45, 2.75) is 6.42 Å². The molecule has 0 saturated heterocycles. The summed E-state index contributed by atoms with van der Waals surface area (Å²) in [7, 11) is 0. The molecular weight excluding hydrogens is 186 g/mol. The third kappa shape index (κ3) is 1.25. The van der Waals surface area contributed by atoms with E-state index in [4.69, 9.17) is 16.9 Å². The number of nitrogens with zero attached hydrogens (tertiary/aromatic N) is 2. The highest BCUT2D eigenvalue weighted by atomic mass is 35.5. The van der Waals surface area contributed by atoms with E-state index in [1.165, 1.54) is 0 Å². The second-order valence-electron chi connectivity index (χ2n) is 2.68. The number of benzene rings is 1. The molecule has 1 heterocycles. The Bertz CT molecular complexity index is 481. The van der Waals surface area contributed by atoms with E-state index in [1.54, 1.807) is 0 Å². The highest BCUT2D eigenvalue weighted by Crippen LogP contribution is 2.24. The molecule has 4 heteroatoms. The Labute approximate surface area is 79.9 Å². The SMILES string of the molecule is N#CCc1cccc2n[nH]c(Cl)c12. The molecule has 0 saturated carbocycles. The molecule has 0 unspecified atom stereocenters. The smallest absolute Gasteiger partial charge is 0.132 e. The van der Waals surface area contributed by atoms with E-state index in [9.17, 15) is 0 Å². The molecule has 2 aromatic rings. The molecule has 13 heavy (non-hydrogen) atoms. The maximum absolute atomic E-state index is 8.58. The minimum atomic E-state index is 0.358. The molecule has 0 bridgehead atoms. The van der Waals surface area contributed by atoms with Crippen molar-refractivity contribution in [3.8, 4) is 6.07 Å². The summed E-state index contributed by atoms with van der Waals surface area (Å²) in [5.41, 5.74) is 1.72. The first-order valence-electron chi connectivity index (χ1n) is 3.81. The zero-order chi connectivity index (χ0) is 9.26. The Morgan fingerprint density at radius 2 is 2.38 bits per heavy atom. The Morgan fingerprint density at radius 3 is 3.15 bits per heavy atom. The van der Waals surface area contributed by atoms with Gasteiger partial charge in [-0.15, -0.1) is 0 Å². The molecule has 0 radical (unpaired) electrons. The Hall–Kier alpha value is -1.53. The van der Waals surface area contributed by atoms with Gasteiger partial charge in [0.15, 0.2) is 0 Å². The third-order valence-corrected chi connectivity index (χ3v) is 2.17. The van der Waals surface area contributed by atoms with Gasteiger partial charge < -0.3 is 0 Å². The number of rotatable bonds is 1. The van der Waals surface area contributed by atoms with E-state index in [2.05, 4.69) is 16.3 Å². The van der Waals surface area contributed by atoms with Crippen molar-refractivity contribution in [2.24, 2.45) is 0 Å². The molecule has 0 aliphatic rings. The van der Waals surface area contributed by atoms with Gasteiger partial charge in [0.25, 0.3) is 0 Å². The highest BCUT2D eigenvalue weighted by Gasteiger charge is 2.06. The van der Waals surface area contributed by atoms with Crippen LogP contribution >= 0.6 is 11.6 Å². The van der Waals surface area contributed by atoms with Crippen LogP contribution in [0.3, 0.4) is 0 Å². The lowest BCUT2D eigenvalue weighted by molar-refractivity contribution is 1.12. The van der Waals surface area contributed by atoms with E-state index in [0.717, 1.165) is 16.5 Å². The minimum absolute atomic E-state index is 0.358. The van der Waals surface area contributed by atoms with Crippen molar-refractivity contribution in [1.82, 2.24) is 10.2 Å². The van der Waals surface area contributed by atoms with Gasteiger partial charge >= 0.3 is 0 Å². The number of nitrogens with one attached hydrogen (secondary N) is 1. The van der Waals surface area contributed by atoms with Crippen LogP contribution in [0.25, 0.3) is 10.9 Å². The molecule has 0 amide bonds. The van der Waals surface area contributed by atoms with Crippen molar-refractivity contribution >= 4 is 22.5 Å². The number of hydrogen-bond donors (Lipinski definition) is 1. The Balaban J connectivity index is 2.74. The van der Waals surface area contributed by atoms with Crippen molar-refractivity contribution in [3.05, 3.63) is 28.9 Å². The van der Waals surface area contributed by atoms with Gasteiger partial charge in [-0.1, -0.05) is 23.7 Å². The second-order valence-corrected chi connectivity index (χ2v) is 3.06. The number of aromatic amines is 1. The maximum Gasteiger partial charge on any atom is 0.132 e. The van der Waals surface area contributed by atoms with Crippen molar-refractivity contribution < 1.29 is 0 Å². The molecule has 0 fully saturated rings. The molecule has 2 rings (SSSR count).